The molecule has 9 heteroatoms. The first-order valence-corrected chi connectivity index (χ1v) is 11.5. The molecule has 0 unspecified atom stereocenters. The van der Waals surface area contributed by atoms with Gasteiger partial charge in [-0.2, -0.15) is 4.72 Å². The van der Waals surface area contributed by atoms with Crippen LogP contribution in [0.1, 0.15) is 39.7 Å². The Bertz CT molecular complexity index is 868. The third kappa shape index (κ3) is 6.04. The number of likely N-dealkylation sites (tertiary alicyclic amines) is 1. The van der Waals surface area contributed by atoms with E-state index >= 15 is 0 Å². The molecule has 160 valence electrons. The smallest absolute Gasteiger partial charge is 0.245 e. The van der Waals surface area contributed by atoms with Crippen molar-refractivity contribution < 1.29 is 18.0 Å². The average Bonchev–Trinajstić information content (AvgIpc) is 3.00. The van der Waals surface area contributed by atoms with E-state index in [0.29, 0.717) is 30.1 Å². The van der Waals surface area contributed by atoms with Crippen LogP contribution in [0.4, 0.5) is 0 Å². The molecule has 0 bridgehead atoms. The van der Waals surface area contributed by atoms with Gasteiger partial charge in [-0.25, -0.2) is 8.42 Å². The summed E-state index contributed by atoms with van der Waals surface area (Å²) in [5.41, 5.74) is 0.673. The summed E-state index contributed by atoms with van der Waals surface area (Å²) < 4.78 is 27.1. The quantitative estimate of drug-likeness (QED) is 0.671. The van der Waals surface area contributed by atoms with Crippen molar-refractivity contribution in [1.29, 1.82) is 0 Å². The normalized spacial score (nSPS) is 18.6. The number of hydrogen-bond acceptors (Lipinski definition) is 4. The zero-order chi connectivity index (χ0) is 21.8. The van der Waals surface area contributed by atoms with Crippen LogP contribution in [0.5, 0.6) is 0 Å². The second kappa shape index (κ2) is 9.73. The number of nitrogens with zero attached hydrogens (tertiary/aromatic N) is 2. The highest BCUT2D eigenvalue weighted by Gasteiger charge is 2.39. The highest BCUT2D eigenvalue weighted by molar-refractivity contribution is 7.92. The molecule has 1 aromatic rings. The molecule has 2 rings (SSSR count). The van der Waals surface area contributed by atoms with E-state index in [1.165, 1.54) is 11.0 Å². The largest absolute Gasteiger partial charge is 0.339 e. The molecule has 0 spiro atoms. The first-order chi connectivity index (χ1) is 13.6. The fourth-order valence-electron chi connectivity index (χ4n) is 3.32. The number of likely N-dealkylation sites (N-methyl/N-ethyl adjacent to an activating group) is 1. The van der Waals surface area contributed by atoms with Crippen molar-refractivity contribution in [1.82, 2.24) is 14.5 Å². The van der Waals surface area contributed by atoms with Crippen LogP contribution in [0.3, 0.4) is 0 Å². The summed E-state index contributed by atoms with van der Waals surface area (Å²) >= 11 is 5.81. The minimum atomic E-state index is -3.82. The fourth-order valence-corrected chi connectivity index (χ4v) is 4.48. The van der Waals surface area contributed by atoms with Gasteiger partial charge in [0.05, 0.1) is 0 Å². The molecule has 1 saturated heterocycles. The van der Waals surface area contributed by atoms with Crippen LogP contribution in [-0.2, 0) is 19.6 Å². The molecule has 1 fully saturated rings. The first-order valence-electron chi connectivity index (χ1n) is 9.62. The Hall–Kier alpha value is -1.90. The number of sulfonamides is 1. The van der Waals surface area contributed by atoms with Gasteiger partial charge in [0.1, 0.15) is 12.1 Å². The minimum absolute atomic E-state index is 0.0277. The molecule has 1 aliphatic rings. The lowest BCUT2D eigenvalue weighted by molar-refractivity contribution is -0.144. The summed E-state index contributed by atoms with van der Waals surface area (Å²) in [6.45, 7) is 8.29. The lowest BCUT2D eigenvalue weighted by Crippen LogP contribution is -2.51. The van der Waals surface area contributed by atoms with E-state index in [-0.39, 0.29) is 17.9 Å². The Kier molecular flexibility index (Phi) is 7.85. The Morgan fingerprint density at radius 2 is 1.93 bits per heavy atom. The van der Waals surface area contributed by atoms with Gasteiger partial charge in [-0.1, -0.05) is 23.7 Å². The molecular weight excluding hydrogens is 414 g/mol. The van der Waals surface area contributed by atoms with E-state index in [1.54, 1.807) is 36.1 Å². The monoisotopic (exact) mass is 441 g/mol. The predicted molar refractivity (Wildman–Crippen MR) is 115 cm³/mol. The van der Waals surface area contributed by atoms with Crippen molar-refractivity contribution in [3.8, 4) is 0 Å². The summed E-state index contributed by atoms with van der Waals surface area (Å²) in [6, 6.07) is 5.23. The topological polar surface area (TPSA) is 86.8 Å². The van der Waals surface area contributed by atoms with Crippen LogP contribution < -0.4 is 4.72 Å². The van der Waals surface area contributed by atoms with Gasteiger partial charge < -0.3 is 9.80 Å². The van der Waals surface area contributed by atoms with Crippen molar-refractivity contribution in [2.75, 3.05) is 13.1 Å². The summed E-state index contributed by atoms with van der Waals surface area (Å²) in [4.78, 5) is 28.6. The summed E-state index contributed by atoms with van der Waals surface area (Å²) in [6.07, 6.45) is 1.75. The average molecular weight is 442 g/mol. The summed E-state index contributed by atoms with van der Waals surface area (Å²) in [5, 5.41) is 1.58. The van der Waals surface area contributed by atoms with Gasteiger partial charge in [0, 0.05) is 29.6 Å². The molecule has 0 saturated carbocycles. The third-order valence-electron chi connectivity index (χ3n) is 4.93. The lowest BCUT2D eigenvalue weighted by atomic mass is 10.2. The van der Waals surface area contributed by atoms with Crippen LogP contribution in [0.25, 0.3) is 6.08 Å². The molecule has 2 atom stereocenters. The number of halogens is 1. The van der Waals surface area contributed by atoms with E-state index in [9.17, 15) is 18.0 Å². The van der Waals surface area contributed by atoms with Crippen molar-refractivity contribution >= 4 is 39.5 Å². The number of benzene rings is 1. The van der Waals surface area contributed by atoms with Crippen LogP contribution in [-0.4, -0.2) is 61.2 Å². The van der Waals surface area contributed by atoms with Gasteiger partial charge in [-0.15, -0.1) is 0 Å². The predicted octanol–water partition coefficient (Wildman–Crippen LogP) is 2.48. The maximum atomic E-state index is 12.7. The molecule has 2 amide bonds. The van der Waals surface area contributed by atoms with E-state index in [4.69, 9.17) is 11.6 Å². The molecule has 0 aliphatic carbocycles. The molecule has 1 N–H and O–H groups in total. The van der Waals surface area contributed by atoms with Crippen molar-refractivity contribution in [2.24, 2.45) is 0 Å². The van der Waals surface area contributed by atoms with Crippen molar-refractivity contribution in [2.45, 2.75) is 52.2 Å². The zero-order valence-electron chi connectivity index (χ0n) is 17.1. The number of amides is 2. The first kappa shape index (κ1) is 23.4. The lowest BCUT2D eigenvalue weighted by Gasteiger charge is -2.32. The molecule has 0 aromatic heterocycles. The molecule has 29 heavy (non-hydrogen) atoms. The molecular formula is C20H28ClN3O4S. The van der Waals surface area contributed by atoms with Gasteiger partial charge in [0.25, 0.3) is 0 Å². The Balaban J connectivity index is 2.03. The molecule has 0 radical (unpaired) electrons. The van der Waals surface area contributed by atoms with E-state index in [1.807, 2.05) is 20.8 Å². The van der Waals surface area contributed by atoms with Gasteiger partial charge in [-0.05, 0) is 57.9 Å². The number of nitrogens with one attached hydrogen (secondary N) is 1. The van der Waals surface area contributed by atoms with Crippen LogP contribution in [0, 0.1) is 0 Å². The molecule has 1 aliphatic heterocycles. The number of carbonyl (C=O) groups is 2. The van der Waals surface area contributed by atoms with E-state index in [0.717, 1.165) is 5.41 Å². The standard InChI is InChI=1S/C20H28ClN3O4S/c1-5-23(14(2)3)19(25)15(4)24-12-10-18(20(24)26)22-29(27,28)13-11-16-6-8-17(21)9-7-16/h6-9,11,13-15,18,22H,5,10,12H2,1-4H3/b13-11+/t15-,18-/m0/s1. The zero-order valence-corrected chi connectivity index (χ0v) is 18.7. The Morgan fingerprint density at radius 3 is 2.48 bits per heavy atom. The van der Waals surface area contributed by atoms with Crippen LogP contribution in [0.15, 0.2) is 29.7 Å². The fraction of sp³-hybridized carbons (Fsp3) is 0.500. The Labute approximate surface area is 177 Å². The summed E-state index contributed by atoms with van der Waals surface area (Å²) in [7, 11) is -3.82. The second-order valence-corrected chi connectivity index (χ2v) is 9.32. The Morgan fingerprint density at radius 1 is 1.31 bits per heavy atom. The number of hydrogen-bond donors (Lipinski definition) is 1. The summed E-state index contributed by atoms with van der Waals surface area (Å²) in [5.74, 6) is -0.517. The van der Waals surface area contributed by atoms with Crippen LogP contribution >= 0.6 is 11.6 Å². The SMILES string of the molecule is CCN(C(=O)[C@H](C)N1CC[C@H](NS(=O)(=O)/C=C/c2ccc(Cl)cc2)C1=O)C(C)C. The maximum absolute atomic E-state index is 12.7. The molecule has 7 nitrogen and oxygen atoms in total. The van der Waals surface area contributed by atoms with Crippen molar-refractivity contribution in [3.63, 3.8) is 0 Å². The van der Waals surface area contributed by atoms with Gasteiger partial charge in [-0.3, -0.25) is 9.59 Å². The third-order valence-corrected chi connectivity index (χ3v) is 6.29. The van der Waals surface area contributed by atoms with Crippen molar-refractivity contribution in [3.05, 3.63) is 40.3 Å². The number of carbonyl (C=O) groups excluding carboxylic acids is 2. The van der Waals surface area contributed by atoms with Gasteiger partial charge in [0.15, 0.2) is 0 Å². The van der Waals surface area contributed by atoms with E-state index < -0.39 is 22.1 Å². The van der Waals surface area contributed by atoms with Crippen LogP contribution in [0.2, 0.25) is 5.02 Å². The highest BCUT2D eigenvalue weighted by atomic mass is 35.5. The maximum Gasteiger partial charge on any atom is 0.245 e. The minimum Gasteiger partial charge on any atom is -0.339 e. The van der Waals surface area contributed by atoms with Gasteiger partial charge in [0.2, 0.25) is 21.8 Å². The second-order valence-electron chi connectivity index (χ2n) is 7.28. The van der Waals surface area contributed by atoms with Gasteiger partial charge >= 0.3 is 0 Å². The highest BCUT2D eigenvalue weighted by Crippen LogP contribution is 2.18. The molecule has 1 heterocycles. The van der Waals surface area contributed by atoms with E-state index in [2.05, 4.69) is 4.72 Å². The molecule has 1 aromatic carbocycles. The number of rotatable bonds is 8.